The normalized spacial score (nSPS) is 20.6. The number of nitrogens with two attached hydrogens (primary N) is 1. The highest BCUT2D eigenvalue weighted by Gasteiger charge is 2.46. The minimum atomic E-state index is -3.13. The fraction of sp³-hybridized carbons (Fsp3) is 0.462. The van der Waals surface area contributed by atoms with Crippen LogP contribution in [0.5, 0.6) is 0 Å². The molecule has 118 valence electrons. The van der Waals surface area contributed by atoms with Gasteiger partial charge in [0.1, 0.15) is 5.82 Å². The summed E-state index contributed by atoms with van der Waals surface area (Å²) in [4.78, 5) is 11.7. The van der Waals surface area contributed by atoms with Gasteiger partial charge in [0.2, 0.25) is 5.91 Å². The molecule has 8 heteroatoms. The van der Waals surface area contributed by atoms with E-state index in [0.717, 1.165) is 0 Å². The molecule has 2 atom stereocenters. The van der Waals surface area contributed by atoms with E-state index in [-0.39, 0.29) is 28.9 Å². The summed E-state index contributed by atoms with van der Waals surface area (Å²) in [5.41, 5.74) is 5.15. The molecule has 1 aliphatic rings. The first-order valence-electron chi connectivity index (χ1n) is 6.15. The van der Waals surface area contributed by atoms with Gasteiger partial charge in [-0.2, -0.15) is 0 Å². The molecule has 1 amide bonds. The molecule has 1 aliphatic carbocycles. The van der Waals surface area contributed by atoms with Gasteiger partial charge in [0.25, 0.3) is 5.92 Å². The molecular weight excluding hydrogens is 328 g/mol. The van der Waals surface area contributed by atoms with Crippen LogP contribution in [-0.4, -0.2) is 24.9 Å². The smallest absolute Gasteiger partial charge is 0.277 e. The van der Waals surface area contributed by atoms with Gasteiger partial charge in [0.05, 0.1) is 13.1 Å². The second-order valence-corrected chi connectivity index (χ2v) is 5.27. The quantitative estimate of drug-likeness (QED) is 0.864. The standard InChI is InChI=1S/C13H14ClF3N2O.ClH/c14-9-2-1-3-10(15)11(9)7-4-8(7)12(20)19-6-13(16,17)5-18;/h1-3,7-8H,4-6,18H2,(H,19,20);1H. The van der Waals surface area contributed by atoms with Gasteiger partial charge in [0.15, 0.2) is 0 Å². The zero-order valence-electron chi connectivity index (χ0n) is 10.9. The molecule has 1 aromatic carbocycles. The number of alkyl halides is 2. The lowest BCUT2D eigenvalue weighted by molar-refractivity contribution is -0.124. The van der Waals surface area contributed by atoms with Crippen LogP contribution in [0.1, 0.15) is 17.9 Å². The van der Waals surface area contributed by atoms with E-state index in [1.54, 1.807) is 0 Å². The van der Waals surface area contributed by atoms with E-state index in [1.807, 2.05) is 0 Å². The number of halogens is 5. The largest absolute Gasteiger partial charge is 0.350 e. The zero-order valence-corrected chi connectivity index (χ0v) is 12.5. The highest BCUT2D eigenvalue weighted by Crippen LogP contribution is 2.50. The molecule has 1 aromatic rings. The number of benzene rings is 1. The van der Waals surface area contributed by atoms with Crippen molar-refractivity contribution in [1.82, 2.24) is 5.32 Å². The molecule has 0 spiro atoms. The van der Waals surface area contributed by atoms with Gasteiger partial charge in [-0.05, 0) is 18.6 Å². The maximum absolute atomic E-state index is 13.7. The molecule has 0 aliphatic heterocycles. The van der Waals surface area contributed by atoms with Crippen molar-refractivity contribution in [3.63, 3.8) is 0 Å². The summed E-state index contributed by atoms with van der Waals surface area (Å²) >= 11 is 5.90. The number of hydrogen-bond acceptors (Lipinski definition) is 2. The first-order valence-corrected chi connectivity index (χ1v) is 6.53. The number of nitrogens with one attached hydrogen (secondary N) is 1. The Morgan fingerprint density at radius 1 is 1.48 bits per heavy atom. The predicted octanol–water partition coefficient (Wildman–Crippen LogP) is 2.71. The Hall–Kier alpha value is -0.980. The lowest BCUT2D eigenvalue weighted by Crippen LogP contribution is -2.42. The van der Waals surface area contributed by atoms with Crippen molar-refractivity contribution in [3.05, 3.63) is 34.6 Å². The van der Waals surface area contributed by atoms with Gasteiger partial charge in [-0.15, -0.1) is 12.4 Å². The number of rotatable bonds is 5. The summed E-state index contributed by atoms with van der Waals surface area (Å²) in [6.45, 7) is -1.64. The highest BCUT2D eigenvalue weighted by atomic mass is 35.5. The summed E-state index contributed by atoms with van der Waals surface area (Å²) in [7, 11) is 0. The predicted molar refractivity (Wildman–Crippen MR) is 76.5 cm³/mol. The molecule has 0 aromatic heterocycles. The molecule has 2 rings (SSSR count). The summed E-state index contributed by atoms with van der Waals surface area (Å²) in [6, 6.07) is 4.27. The Morgan fingerprint density at radius 2 is 2.14 bits per heavy atom. The van der Waals surface area contributed by atoms with Crippen LogP contribution in [0.4, 0.5) is 13.2 Å². The first-order chi connectivity index (χ1) is 9.35. The van der Waals surface area contributed by atoms with Crippen molar-refractivity contribution in [2.24, 2.45) is 11.7 Å². The van der Waals surface area contributed by atoms with Crippen LogP contribution in [0, 0.1) is 11.7 Å². The van der Waals surface area contributed by atoms with Gasteiger partial charge in [-0.1, -0.05) is 17.7 Å². The molecule has 3 nitrogen and oxygen atoms in total. The van der Waals surface area contributed by atoms with E-state index in [1.165, 1.54) is 18.2 Å². The molecule has 1 fully saturated rings. The summed E-state index contributed by atoms with van der Waals surface area (Å²) in [6.07, 6.45) is 0.403. The lowest BCUT2D eigenvalue weighted by atomic mass is 10.1. The molecule has 0 saturated heterocycles. The monoisotopic (exact) mass is 342 g/mol. The second kappa shape index (κ2) is 6.85. The molecule has 0 radical (unpaired) electrons. The van der Waals surface area contributed by atoms with Crippen molar-refractivity contribution >= 4 is 29.9 Å². The Morgan fingerprint density at radius 3 is 2.71 bits per heavy atom. The van der Waals surface area contributed by atoms with E-state index in [4.69, 9.17) is 17.3 Å². The molecule has 2 unspecified atom stereocenters. The maximum atomic E-state index is 13.7. The summed E-state index contributed by atoms with van der Waals surface area (Å²) < 4.78 is 39.5. The number of carbonyl (C=O) groups is 1. The van der Waals surface area contributed by atoms with Gasteiger partial charge in [0, 0.05) is 22.4 Å². The second-order valence-electron chi connectivity index (χ2n) is 4.86. The third-order valence-electron chi connectivity index (χ3n) is 3.32. The topological polar surface area (TPSA) is 55.1 Å². The van der Waals surface area contributed by atoms with Crippen molar-refractivity contribution in [1.29, 1.82) is 0 Å². The Labute approximate surface area is 131 Å². The van der Waals surface area contributed by atoms with Gasteiger partial charge in [-0.3, -0.25) is 4.79 Å². The van der Waals surface area contributed by atoms with Crippen LogP contribution in [0.25, 0.3) is 0 Å². The average Bonchev–Trinajstić information content (AvgIpc) is 3.16. The van der Waals surface area contributed by atoms with Crippen LogP contribution < -0.4 is 11.1 Å². The lowest BCUT2D eigenvalue weighted by Gasteiger charge is -2.14. The van der Waals surface area contributed by atoms with E-state index in [2.05, 4.69) is 5.32 Å². The van der Waals surface area contributed by atoms with Crippen molar-refractivity contribution in [2.45, 2.75) is 18.3 Å². The minimum Gasteiger partial charge on any atom is -0.350 e. The Kier molecular flexibility index (Phi) is 5.90. The van der Waals surface area contributed by atoms with E-state index in [0.29, 0.717) is 6.42 Å². The van der Waals surface area contributed by atoms with Crippen LogP contribution in [-0.2, 0) is 4.79 Å². The maximum Gasteiger partial charge on any atom is 0.277 e. The van der Waals surface area contributed by atoms with Crippen molar-refractivity contribution < 1.29 is 18.0 Å². The summed E-state index contributed by atoms with van der Waals surface area (Å²) in [5.74, 6) is -5.00. The number of carbonyl (C=O) groups excluding carboxylic acids is 1. The fourth-order valence-electron chi connectivity index (χ4n) is 2.09. The van der Waals surface area contributed by atoms with Gasteiger partial charge >= 0.3 is 0 Å². The SMILES string of the molecule is Cl.NCC(F)(F)CNC(=O)C1CC1c1c(F)cccc1Cl. The molecule has 21 heavy (non-hydrogen) atoms. The highest BCUT2D eigenvalue weighted by molar-refractivity contribution is 6.31. The van der Waals surface area contributed by atoms with Crippen LogP contribution in [0.3, 0.4) is 0 Å². The van der Waals surface area contributed by atoms with Crippen molar-refractivity contribution in [3.8, 4) is 0 Å². The molecular formula is C13H15Cl2F3N2O. The van der Waals surface area contributed by atoms with E-state index in [9.17, 15) is 18.0 Å². The van der Waals surface area contributed by atoms with E-state index < -0.39 is 36.7 Å². The van der Waals surface area contributed by atoms with Gasteiger partial charge in [-0.25, -0.2) is 13.2 Å². The Balaban J connectivity index is 0.00000220. The van der Waals surface area contributed by atoms with E-state index >= 15 is 0 Å². The van der Waals surface area contributed by atoms with Crippen LogP contribution in [0.15, 0.2) is 18.2 Å². The third kappa shape index (κ3) is 4.25. The number of hydrogen-bond donors (Lipinski definition) is 2. The number of amides is 1. The van der Waals surface area contributed by atoms with Crippen LogP contribution >= 0.6 is 24.0 Å². The fourth-order valence-corrected chi connectivity index (χ4v) is 2.39. The Bertz CT molecular complexity index is 508. The summed E-state index contributed by atoms with van der Waals surface area (Å²) in [5, 5.41) is 2.39. The molecule has 3 N–H and O–H groups in total. The first kappa shape index (κ1) is 18.1. The van der Waals surface area contributed by atoms with Gasteiger partial charge < -0.3 is 11.1 Å². The molecule has 0 bridgehead atoms. The molecule has 1 saturated carbocycles. The van der Waals surface area contributed by atoms with Crippen LogP contribution in [0.2, 0.25) is 5.02 Å². The third-order valence-corrected chi connectivity index (χ3v) is 3.65. The average molecular weight is 343 g/mol. The molecule has 0 heterocycles. The zero-order chi connectivity index (χ0) is 14.9. The van der Waals surface area contributed by atoms with Crippen molar-refractivity contribution in [2.75, 3.05) is 13.1 Å². The minimum absolute atomic E-state index is 0.